The molecule has 0 radical (unpaired) electrons. The number of rotatable bonds is 3. The van der Waals surface area contributed by atoms with E-state index >= 15 is 0 Å². The Morgan fingerprint density at radius 3 is 2.76 bits per heavy atom. The summed E-state index contributed by atoms with van der Waals surface area (Å²) >= 11 is 0. The highest BCUT2D eigenvalue weighted by Crippen LogP contribution is 2.17. The molecule has 0 atom stereocenters. The van der Waals surface area contributed by atoms with Gasteiger partial charge in [0.15, 0.2) is 5.65 Å². The van der Waals surface area contributed by atoms with Crippen LogP contribution in [0.25, 0.3) is 16.7 Å². The number of aryl methyl sites for hydroxylation is 1. The van der Waals surface area contributed by atoms with Crippen LogP contribution in [0.2, 0.25) is 0 Å². The van der Waals surface area contributed by atoms with Crippen LogP contribution in [0.5, 0.6) is 0 Å². The third-order valence-electron chi connectivity index (χ3n) is 3.43. The third-order valence-corrected chi connectivity index (χ3v) is 3.43. The first-order valence-electron chi connectivity index (χ1n) is 7.09. The first kappa shape index (κ1) is 13.5. The number of hydrogen-bond acceptors (Lipinski definition) is 3. The summed E-state index contributed by atoms with van der Waals surface area (Å²) in [5.41, 5.74) is 2.52. The maximum atomic E-state index is 12.2. The van der Waals surface area contributed by atoms with Crippen molar-refractivity contribution in [3.05, 3.63) is 52.2 Å². The van der Waals surface area contributed by atoms with Gasteiger partial charge in [-0.3, -0.25) is 4.79 Å². The molecule has 0 unspecified atom stereocenters. The molecule has 21 heavy (non-hydrogen) atoms. The third kappa shape index (κ3) is 2.46. The van der Waals surface area contributed by atoms with E-state index in [-0.39, 0.29) is 5.56 Å². The normalized spacial score (nSPS) is 11.4. The van der Waals surface area contributed by atoms with Gasteiger partial charge in [0.05, 0.1) is 11.9 Å². The Hall–Kier alpha value is -2.43. The van der Waals surface area contributed by atoms with E-state index in [9.17, 15) is 4.79 Å². The zero-order valence-corrected chi connectivity index (χ0v) is 12.4. The molecule has 0 bridgehead atoms. The average molecular weight is 282 g/mol. The topological polar surface area (TPSA) is 63.6 Å². The number of fused-ring (bicyclic) bond motifs is 1. The van der Waals surface area contributed by atoms with Crippen LogP contribution in [-0.2, 0) is 6.42 Å². The van der Waals surface area contributed by atoms with E-state index in [1.807, 2.05) is 31.2 Å². The van der Waals surface area contributed by atoms with Crippen LogP contribution in [0, 0.1) is 12.8 Å². The lowest BCUT2D eigenvalue weighted by Crippen LogP contribution is -2.14. The molecule has 0 saturated heterocycles. The Bertz CT molecular complexity index is 845. The highest BCUT2D eigenvalue weighted by molar-refractivity contribution is 5.75. The summed E-state index contributed by atoms with van der Waals surface area (Å²) < 4.78 is 1.74. The quantitative estimate of drug-likeness (QED) is 0.803. The van der Waals surface area contributed by atoms with Crippen LogP contribution in [0.1, 0.15) is 25.2 Å². The van der Waals surface area contributed by atoms with Gasteiger partial charge in [0.2, 0.25) is 0 Å². The molecule has 0 amide bonds. The van der Waals surface area contributed by atoms with Crippen LogP contribution in [0.15, 0.2) is 35.3 Å². The number of hydrogen-bond donors (Lipinski definition) is 1. The van der Waals surface area contributed by atoms with Gasteiger partial charge in [0.25, 0.3) is 5.56 Å². The Labute approximate surface area is 122 Å². The molecule has 3 rings (SSSR count). The molecule has 2 heterocycles. The molecule has 0 aliphatic carbocycles. The van der Waals surface area contributed by atoms with E-state index in [2.05, 4.69) is 28.9 Å². The zero-order valence-electron chi connectivity index (χ0n) is 12.4. The standard InChI is InChI=1S/C16H18N4O/c1-10(2)8-14-18-15-12(16(21)19-14)9-17-20(15)13-7-5-4-6-11(13)3/h4-7,9-10H,8H2,1-3H3,(H,18,19,21). The van der Waals surface area contributed by atoms with E-state index < -0.39 is 0 Å². The molecule has 0 spiro atoms. The summed E-state index contributed by atoms with van der Waals surface area (Å²) in [7, 11) is 0. The number of benzene rings is 1. The average Bonchev–Trinajstić information content (AvgIpc) is 2.83. The molecule has 0 saturated carbocycles. The van der Waals surface area contributed by atoms with Gasteiger partial charge in [-0.1, -0.05) is 32.0 Å². The molecule has 3 aromatic rings. The lowest BCUT2D eigenvalue weighted by molar-refractivity contribution is 0.620. The van der Waals surface area contributed by atoms with E-state index in [4.69, 9.17) is 0 Å². The predicted octanol–water partition coefficient (Wildman–Crippen LogP) is 2.62. The van der Waals surface area contributed by atoms with E-state index in [1.165, 1.54) is 0 Å². The molecule has 108 valence electrons. The lowest BCUT2D eigenvalue weighted by atomic mass is 10.1. The molecule has 2 aromatic heterocycles. The fourth-order valence-corrected chi connectivity index (χ4v) is 2.42. The maximum Gasteiger partial charge on any atom is 0.262 e. The van der Waals surface area contributed by atoms with E-state index in [0.29, 0.717) is 22.8 Å². The number of nitrogens with zero attached hydrogens (tertiary/aromatic N) is 3. The maximum absolute atomic E-state index is 12.2. The van der Waals surface area contributed by atoms with Crippen molar-refractivity contribution in [3.8, 4) is 5.69 Å². The smallest absolute Gasteiger partial charge is 0.262 e. The SMILES string of the molecule is Cc1ccccc1-n1ncc2c(=O)[nH]c(CC(C)C)nc21. The summed E-state index contributed by atoms with van der Waals surface area (Å²) in [6.45, 7) is 6.22. The number of aromatic amines is 1. The van der Waals surface area contributed by atoms with Crippen LogP contribution in [-0.4, -0.2) is 19.7 Å². The van der Waals surface area contributed by atoms with Crippen LogP contribution >= 0.6 is 0 Å². The van der Waals surface area contributed by atoms with Crippen molar-refractivity contribution < 1.29 is 0 Å². The molecular formula is C16H18N4O. The summed E-state index contributed by atoms with van der Waals surface area (Å²) in [4.78, 5) is 19.6. The van der Waals surface area contributed by atoms with Crippen LogP contribution < -0.4 is 5.56 Å². The van der Waals surface area contributed by atoms with Crippen molar-refractivity contribution in [3.63, 3.8) is 0 Å². The number of aromatic nitrogens is 4. The number of nitrogens with one attached hydrogen (secondary N) is 1. The first-order valence-corrected chi connectivity index (χ1v) is 7.09. The van der Waals surface area contributed by atoms with Crippen LogP contribution in [0.3, 0.4) is 0 Å². The fraction of sp³-hybridized carbons (Fsp3) is 0.312. The summed E-state index contributed by atoms with van der Waals surface area (Å²) in [5.74, 6) is 1.14. The van der Waals surface area contributed by atoms with Gasteiger partial charge < -0.3 is 4.98 Å². The molecule has 5 nitrogen and oxygen atoms in total. The highest BCUT2D eigenvalue weighted by Gasteiger charge is 2.13. The number of para-hydroxylation sites is 1. The monoisotopic (exact) mass is 282 g/mol. The summed E-state index contributed by atoms with van der Waals surface area (Å²) in [5, 5.41) is 4.86. The molecule has 0 fully saturated rings. The Kier molecular flexibility index (Phi) is 3.33. The second kappa shape index (κ2) is 5.16. The van der Waals surface area contributed by atoms with Crippen LogP contribution in [0.4, 0.5) is 0 Å². The predicted molar refractivity (Wildman–Crippen MR) is 82.8 cm³/mol. The van der Waals surface area contributed by atoms with Gasteiger partial charge >= 0.3 is 0 Å². The van der Waals surface area contributed by atoms with Gasteiger partial charge in [-0.15, -0.1) is 0 Å². The lowest BCUT2D eigenvalue weighted by Gasteiger charge is -2.08. The second-order valence-corrected chi connectivity index (χ2v) is 5.69. The largest absolute Gasteiger partial charge is 0.310 e. The molecule has 1 N–H and O–H groups in total. The number of H-pyrrole nitrogens is 1. The summed E-state index contributed by atoms with van der Waals surface area (Å²) in [6.07, 6.45) is 2.32. The minimum atomic E-state index is -0.129. The zero-order chi connectivity index (χ0) is 15.0. The molecular weight excluding hydrogens is 264 g/mol. The molecule has 0 aliphatic rings. The van der Waals surface area contributed by atoms with E-state index in [0.717, 1.165) is 17.7 Å². The minimum absolute atomic E-state index is 0.129. The van der Waals surface area contributed by atoms with Crippen molar-refractivity contribution >= 4 is 11.0 Å². The molecule has 5 heteroatoms. The van der Waals surface area contributed by atoms with Crippen molar-refractivity contribution in [1.82, 2.24) is 19.7 Å². The van der Waals surface area contributed by atoms with Gasteiger partial charge in [0.1, 0.15) is 11.2 Å². The molecule has 1 aromatic carbocycles. The van der Waals surface area contributed by atoms with Gasteiger partial charge in [-0.25, -0.2) is 9.67 Å². The van der Waals surface area contributed by atoms with Crippen molar-refractivity contribution in [2.45, 2.75) is 27.2 Å². The van der Waals surface area contributed by atoms with Crippen molar-refractivity contribution in [2.24, 2.45) is 5.92 Å². The first-order chi connectivity index (χ1) is 10.1. The van der Waals surface area contributed by atoms with E-state index in [1.54, 1.807) is 10.9 Å². The molecule has 0 aliphatic heterocycles. The van der Waals surface area contributed by atoms with Gasteiger partial charge in [-0.2, -0.15) is 5.10 Å². The Morgan fingerprint density at radius 1 is 1.29 bits per heavy atom. The van der Waals surface area contributed by atoms with Gasteiger partial charge in [0, 0.05) is 6.42 Å². The Balaban J connectivity index is 2.23. The second-order valence-electron chi connectivity index (χ2n) is 5.69. The Morgan fingerprint density at radius 2 is 2.05 bits per heavy atom. The fourth-order valence-electron chi connectivity index (χ4n) is 2.42. The minimum Gasteiger partial charge on any atom is -0.310 e. The summed E-state index contributed by atoms with van der Waals surface area (Å²) in [6, 6.07) is 7.94. The van der Waals surface area contributed by atoms with Crippen molar-refractivity contribution in [1.29, 1.82) is 0 Å². The highest BCUT2D eigenvalue weighted by atomic mass is 16.1. The van der Waals surface area contributed by atoms with Gasteiger partial charge in [-0.05, 0) is 24.5 Å². The van der Waals surface area contributed by atoms with Crippen molar-refractivity contribution in [2.75, 3.05) is 0 Å².